The number of amides is 1. The van der Waals surface area contributed by atoms with Crippen LogP contribution in [0, 0.1) is 13.8 Å². The van der Waals surface area contributed by atoms with E-state index in [1.165, 1.54) is 4.57 Å². The molecule has 118 valence electrons. The summed E-state index contributed by atoms with van der Waals surface area (Å²) in [4.78, 5) is 32.2. The lowest BCUT2D eigenvalue weighted by Crippen LogP contribution is -2.30. The van der Waals surface area contributed by atoms with E-state index in [0.717, 1.165) is 11.3 Å². The summed E-state index contributed by atoms with van der Waals surface area (Å²) in [6, 6.07) is 5.40. The molecule has 1 N–H and O–H groups in total. The molecule has 0 aliphatic carbocycles. The van der Waals surface area contributed by atoms with Crippen molar-refractivity contribution in [1.29, 1.82) is 0 Å². The molecule has 0 aliphatic rings. The molecule has 0 saturated heterocycles. The van der Waals surface area contributed by atoms with Gasteiger partial charge >= 0.3 is 5.76 Å². The lowest BCUT2D eigenvalue weighted by atomic mass is 10.2. The Hall–Kier alpha value is -2.96. The Morgan fingerprint density at radius 3 is 2.83 bits per heavy atom. The lowest BCUT2D eigenvalue weighted by molar-refractivity contribution is -0.121. The molecule has 0 saturated carbocycles. The molecule has 2 heterocycles. The maximum atomic E-state index is 12.1. The summed E-state index contributed by atoms with van der Waals surface area (Å²) < 4.78 is 6.45. The van der Waals surface area contributed by atoms with Crippen molar-refractivity contribution in [1.82, 2.24) is 19.9 Å². The fourth-order valence-electron chi connectivity index (χ4n) is 2.22. The van der Waals surface area contributed by atoms with Crippen LogP contribution in [0.3, 0.4) is 0 Å². The second-order valence-electron chi connectivity index (χ2n) is 5.35. The van der Waals surface area contributed by atoms with Gasteiger partial charge in [0.1, 0.15) is 6.54 Å². The number of fused-ring (bicyclic) bond motifs is 1. The largest absolute Gasteiger partial charge is 0.420 e. The summed E-state index contributed by atoms with van der Waals surface area (Å²) in [6.07, 6.45) is 3.25. The Labute approximate surface area is 132 Å². The van der Waals surface area contributed by atoms with Crippen LogP contribution in [-0.4, -0.2) is 20.4 Å². The zero-order valence-corrected chi connectivity index (χ0v) is 12.9. The van der Waals surface area contributed by atoms with Crippen molar-refractivity contribution < 1.29 is 9.21 Å². The second-order valence-corrected chi connectivity index (χ2v) is 5.35. The monoisotopic (exact) mass is 312 g/mol. The van der Waals surface area contributed by atoms with Gasteiger partial charge in [0, 0.05) is 6.20 Å². The number of nitrogens with one attached hydrogen (secondary N) is 1. The molecule has 0 bridgehead atoms. The van der Waals surface area contributed by atoms with Gasteiger partial charge in [0.25, 0.3) is 0 Å². The molecule has 0 aliphatic heterocycles. The third-order valence-electron chi connectivity index (χ3n) is 3.43. The van der Waals surface area contributed by atoms with E-state index in [1.807, 2.05) is 26.0 Å². The third kappa shape index (κ3) is 3.28. The molecule has 1 amide bonds. The zero-order valence-electron chi connectivity index (χ0n) is 12.9. The van der Waals surface area contributed by atoms with Crippen molar-refractivity contribution >= 4 is 17.0 Å². The van der Waals surface area contributed by atoms with Crippen LogP contribution in [0.2, 0.25) is 0 Å². The number of hydrogen-bond acceptors (Lipinski definition) is 5. The summed E-state index contributed by atoms with van der Waals surface area (Å²) in [5.74, 6) is -0.838. The zero-order chi connectivity index (χ0) is 16.4. The highest BCUT2D eigenvalue weighted by Crippen LogP contribution is 2.14. The molecule has 0 fully saturated rings. The van der Waals surface area contributed by atoms with Crippen LogP contribution in [0.1, 0.15) is 17.0 Å². The highest BCUT2D eigenvalue weighted by molar-refractivity contribution is 5.79. The van der Waals surface area contributed by atoms with E-state index >= 15 is 0 Å². The highest BCUT2D eigenvalue weighted by Gasteiger charge is 2.12. The minimum Gasteiger partial charge on any atom is -0.408 e. The van der Waals surface area contributed by atoms with Crippen molar-refractivity contribution in [2.45, 2.75) is 26.9 Å². The van der Waals surface area contributed by atoms with E-state index in [4.69, 9.17) is 4.42 Å². The molecular weight excluding hydrogens is 296 g/mol. The molecule has 3 rings (SSSR count). The first-order chi connectivity index (χ1) is 11.0. The first-order valence-corrected chi connectivity index (χ1v) is 7.17. The van der Waals surface area contributed by atoms with Gasteiger partial charge in [0.15, 0.2) is 5.58 Å². The molecule has 3 aromatic rings. The van der Waals surface area contributed by atoms with Crippen LogP contribution in [-0.2, 0) is 17.9 Å². The predicted molar refractivity (Wildman–Crippen MR) is 83.8 cm³/mol. The van der Waals surface area contributed by atoms with Crippen LogP contribution in [0.5, 0.6) is 0 Å². The van der Waals surface area contributed by atoms with E-state index in [0.29, 0.717) is 16.8 Å². The highest BCUT2D eigenvalue weighted by atomic mass is 16.4. The molecule has 0 spiro atoms. The Bertz CT molecular complexity index is 909. The van der Waals surface area contributed by atoms with E-state index < -0.39 is 5.76 Å². The van der Waals surface area contributed by atoms with Gasteiger partial charge in [-0.15, -0.1) is 0 Å². The lowest BCUT2D eigenvalue weighted by Gasteiger charge is -2.05. The molecular formula is C16H16N4O3. The smallest absolute Gasteiger partial charge is 0.408 e. The summed E-state index contributed by atoms with van der Waals surface area (Å²) in [5, 5.41) is 2.72. The number of nitrogens with zero attached hydrogens (tertiary/aromatic N) is 3. The van der Waals surface area contributed by atoms with Crippen LogP contribution in [0.15, 0.2) is 39.8 Å². The first kappa shape index (κ1) is 15.0. The van der Waals surface area contributed by atoms with E-state index in [2.05, 4.69) is 15.3 Å². The summed E-state index contributed by atoms with van der Waals surface area (Å²) in [6.45, 7) is 3.91. The maximum Gasteiger partial charge on any atom is 0.420 e. The Morgan fingerprint density at radius 1 is 1.26 bits per heavy atom. The molecule has 7 nitrogen and oxygen atoms in total. The van der Waals surface area contributed by atoms with Crippen molar-refractivity contribution in [2.24, 2.45) is 0 Å². The van der Waals surface area contributed by atoms with Crippen LogP contribution < -0.4 is 11.1 Å². The van der Waals surface area contributed by atoms with E-state index in [1.54, 1.807) is 18.5 Å². The van der Waals surface area contributed by atoms with Gasteiger partial charge in [-0.25, -0.2) is 4.79 Å². The summed E-state index contributed by atoms with van der Waals surface area (Å²) >= 11 is 0. The van der Waals surface area contributed by atoms with Gasteiger partial charge in [-0.3, -0.25) is 19.3 Å². The Morgan fingerprint density at radius 2 is 2.09 bits per heavy atom. The molecule has 2 aromatic heterocycles. The number of oxazole rings is 1. The minimum atomic E-state index is -0.545. The SMILES string of the molecule is Cc1ccc2oc(=O)n(CC(=O)NCc3cnc(C)cn3)c2c1. The van der Waals surface area contributed by atoms with Gasteiger partial charge in [-0.1, -0.05) is 6.07 Å². The quantitative estimate of drug-likeness (QED) is 0.784. The number of carbonyl (C=O) groups is 1. The number of rotatable bonds is 4. The minimum absolute atomic E-state index is 0.103. The van der Waals surface area contributed by atoms with Gasteiger partial charge < -0.3 is 9.73 Å². The normalized spacial score (nSPS) is 10.9. The summed E-state index contributed by atoms with van der Waals surface area (Å²) in [7, 11) is 0. The first-order valence-electron chi connectivity index (χ1n) is 7.17. The van der Waals surface area contributed by atoms with Gasteiger partial charge in [0.2, 0.25) is 5.91 Å². The number of hydrogen-bond donors (Lipinski definition) is 1. The molecule has 7 heteroatoms. The fourth-order valence-corrected chi connectivity index (χ4v) is 2.22. The van der Waals surface area contributed by atoms with Crippen LogP contribution in [0.25, 0.3) is 11.1 Å². The molecule has 0 unspecified atom stereocenters. The number of carbonyl (C=O) groups excluding carboxylic acids is 1. The van der Waals surface area contributed by atoms with E-state index in [9.17, 15) is 9.59 Å². The fraction of sp³-hybridized carbons (Fsp3) is 0.250. The Kier molecular flexibility index (Phi) is 3.92. The van der Waals surface area contributed by atoms with E-state index in [-0.39, 0.29) is 19.0 Å². The number of aryl methyl sites for hydroxylation is 2. The molecule has 0 radical (unpaired) electrons. The standard InChI is InChI=1S/C16H16N4O3/c1-10-3-4-14-13(5-10)20(16(22)23-14)9-15(21)19-8-12-7-17-11(2)6-18-12/h3-7H,8-9H2,1-2H3,(H,19,21). The van der Waals surface area contributed by atoms with Gasteiger partial charge in [0.05, 0.1) is 29.6 Å². The third-order valence-corrected chi connectivity index (χ3v) is 3.43. The van der Waals surface area contributed by atoms with Crippen molar-refractivity contribution in [2.75, 3.05) is 0 Å². The molecule has 1 aromatic carbocycles. The van der Waals surface area contributed by atoms with Crippen LogP contribution in [0.4, 0.5) is 0 Å². The van der Waals surface area contributed by atoms with Crippen molar-refractivity contribution in [3.8, 4) is 0 Å². The van der Waals surface area contributed by atoms with Crippen molar-refractivity contribution in [3.63, 3.8) is 0 Å². The number of aromatic nitrogens is 3. The summed E-state index contributed by atoms with van der Waals surface area (Å²) in [5.41, 5.74) is 3.54. The second kappa shape index (κ2) is 6.04. The van der Waals surface area contributed by atoms with Crippen molar-refractivity contribution in [3.05, 3.63) is 58.1 Å². The number of benzene rings is 1. The van der Waals surface area contributed by atoms with Gasteiger partial charge in [-0.2, -0.15) is 0 Å². The average molecular weight is 312 g/mol. The predicted octanol–water partition coefficient (Wildman–Crippen LogP) is 1.32. The topological polar surface area (TPSA) is 90.0 Å². The van der Waals surface area contributed by atoms with Crippen LogP contribution >= 0.6 is 0 Å². The molecule has 23 heavy (non-hydrogen) atoms. The average Bonchev–Trinajstić information content (AvgIpc) is 2.82. The Balaban J connectivity index is 1.73. The molecule has 0 atom stereocenters. The van der Waals surface area contributed by atoms with Gasteiger partial charge in [-0.05, 0) is 31.5 Å². The maximum absolute atomic E-state index is 12.1.